The SMILES string of the molecule is C=C[C@@H]1C[C@@]1(N)C(=O)NS(=O)(=O)c1ccccc1NCCCCN(C)CCCC(=O)OC. The number of hydrogen-bond donors (Lipinski definition) is 3. The van der Waals surface area contributed by atoms with Gasteiger partial charge in [-0.05, 0) is 58.0 Å². The molecule has 1 saturated carbocycles. The number of carbonyl (C=O) groups is 2. The average molecular weight is 467 g/mol. The number of hydrogen-bond acceptors (Lipinski definition) is 8. The fourth-order valence-electron chi connectivity index (χ4n) is 3.42. The van der Waals surface area contributed by atoms with Crippen LogP contribution in [0.1, 0.15) is 32.1 Å². The first kappa shape index (κ1) is 25.8. The summed E-state index contributed by atoms with van der Waals surface area (Å²) in [6.45, 7) is 5.86. The van der Waals surface area contributed by atoms with E-state index in [2.05, 4.69) is 26.3 Å². The summed E-state index contributed by atoms with van der Waals surface area (Å²) in [6.07, 6.45) is 4.84. The average Bonchev–Trinajstić information content (AvgIpc) is 3.45. The summed E-state index contributed by atoms with van der Waals surface area (Å²) in [5.74, 6) is -1.14. The molecule has 1 aromatic carbocycles. The van der Waals surface area contributed by atoms with Crippen molar-refractivity contribution in [2.24, 2.45) is 11.7 Å². The Kier molecular flexibility index (Phi) is 9.23. The Hall–Kier alpha value is -2.43. The maximum absolute atomic E-state index is 12.8. The normalized spacial score (nSPS) is 19.9. The summed E-state index contributed by atoms with van der Waals surface area (Å²) in [5.41, 5.74) is 5.19. The molecule has 1 fully saturated rings. The standard InChI is InChI=1S/C22H34N4O5S/c1-4-17-16-22(17,23)21(28)25-32(29,30)19-11-6-5-10-18(19)24-13-7-8-14-26(2)15-9-12-20(27)31-3/h4-6,10-11,17,24H,1,7-9,12-16,23H2,2-3H3,(H,25,28)/t17-,22+/m1/s1. The number of nitrogens with zero attached hydrogens (tertiary/aromatic N) is 1. The Morgan fingerprint density at radius 1 is 1.28 bits per heavy atom. The van der Waals surface area contributed by atoms with Gasteiger partial charge in [0.15, 0.2) is 0 Å². The van der Waals surface area contributed by atoms with E-state index in [0.717, 1.165) is 32.4 Å². The number of esters is 1. The lowest BCUT2D eigenvalue weighted by Crippen LogP contribution is -2.46. The van der Waals surface area contributed by atoms with E-state index in [1.165, 1.54) is 13.2 Å². The first-order chi connectivity index (χ1) is 15.1. The summed E-state index contributed by atoms with van der Waals surface area (Å²) in [6, 6.07) is 6.46. The number of methoxy groups -OCH3 is 1. The molecule has 178 valence electrons. The molecular weight excluding hydrogens is 432 g/mol. The molecule has 32 heavy (non-hydrogen) atoms. The minimum absolute atomic E-state index is 0.00711. The van der Waals surface area contributed by atoms with Gasteiger partial charge in [0, 0.05) is 18.9 Å². The zero-order chi connectivity index (χ0) is 23.8. The molecule has 0 saturated heterocycles. The molecule has 0 spiro atoms. The van der Waals surface area contributed by atoms with Crippen molar-refractivity contribution in [2.45, 2.75) is 42.5 Å². The first-order valence-electron chi connectivity index (χ1n) is 10.7. The zero-order valence-electron chi connectivity index (χ0n) is 18.8. The van der Waals surface area contributed by atoms with E-state index >= 15 is 0 Å². The fourth-order valence-corrected chi connectivity index (χ4v) is 4.65. The van der Waals surface area contributed by atoms with Crippen molar-refractivity contribution in [3.8, 4) is 0 Å². The minimum atomic E-state index is -4.06. The lowest BCUT2D eigenvalue weighted by Gasteiger charge is -2.17. The number of amides is 1. The molecular formula is C22H34N4O5S. The summed E-state index contributed by atoms with van der Waals surface area (Å²) in [4.78, 5) is 25.7. The van der Waals surface area contributed by atoms with Gasteiger partial charge in [-0.2, -0.15) is 0 Å². The second-order valence-electron chi connectivity index (χ2n) is 8.13. The van der Waals surface area contributed by atoms with Crippen molar-refractivity contribution in [2.75, 3.05) is 39.1 Å². The Morgan fingerprint density at radius 2 is 1.97 bits per heavy atom. The molecule has 0 bridgehead atoms. The smallest absolute Gasteiger partial charge is 0.305 e. The number of sulfonamides is 1. The molecule has 1 aliphatic rings. The highest BCUT2D eigenvalue weighted by Crippen LogP contribution is 2.42. The van der Waals surface area contributed by atoms with Gasteiger partial charge in [0.05, 0.1) is 12.8 Å². The molecule has 0 aliphatic heterocycles. The third kappa shape index (κ3) is 7.04. The number of anilines is 1. The third-order valence-electron chi connectivity index (χ3n) is 5.60. The van der Waals surface area contributed by atoms with Crippen molar-refractivity contribution < 1.29 is 22.7 Å². The van der Waals surface area contributed by atoms with E-state index in [1.54, 1.807) is 24.3 Å². The summed E-state index contributed by atoms with van der Waals surface area (Å²) in [7, 11) is -0.681. The second kappa shape index (κ2) is 11.4. The molecule has 4 N–H and O–H groups in total. The summed E-state index contributed by atoms with van der Waals surface area (Å²) in [5, 5.41) is 3.15. The van der Waals surface area contributed by atoms with Crippen LogP contribution in [0.25, 0.3) is 0 Å². The van der Waals surface area contributed by atoms with E-state index in [4.69, 9.17) is 5.73 Å². The van der Waals surface area contributed by atoms with Gasteiger partial charge in [0.2, 0.25) is 0 Å². The van der Waals surface area contributed by atoms with Gasteiger partial charge in [0.1, 0.15) is 10.4 Å². The molecule has 1 aliphatic carbocycles. The van der Waals surface area contributed by atoms with E-state index < -0.39 is 21.5 Å². The number of benzene rings is 1. The van der Waals surface area contributed by atoms with Crippen LogP contribution in [-0.2, 0) is 24.3 Å². The van der Waals surface area contributed by atoms with Crippen LogP contribution >= 0.6 is 0 Å². The number of para-hydroxylation sites is 1. The molecule has 2 rings (SSSR count). The van der Waals surface area contributed by atoms with Gasteiger partial charge in [-0.15, -0.1) is 6.58 Å². The van der Waals surface area contributed by atoms with Gasteiger partial charge < -0.3 is 20.7 Å². The van der Waals surface area contributed by atoms with Crippen molar-refractivity contribution in [3.63, 3.8) is 0 Å². The predicted molar refractivity (Wildman–Crippen MR) is 123 cm³/mol. The molecule has 2 atom stereocenters. The van der Waals surface area contributed by atoms with Crippen LogP contribution in [0.2, 0.25) is 0 Å². The summed E-state index contributed by atoms with van der Waals surface area (Å²) >= 11 is 0. The lowest BCUT2D eigenvalue weighted by atomic mass is 10.2. The monoisotopic (exact) mass is 466 g/mol. The van der Waals surface area contributed by atoms with Crippen LogP contribution in [0.5, 0.6) is 0 Å². The Balaban J connectivity index is 1.81. The van der Waals surface area contributed by atoms with Crippen molar-refractivity contribution in [3.05, 3.63) is 36.9 Å². The molecule has 0 aromatic heterocycles. The van der Waals surface area contributed by atoms with Gasteiger partial charge in [-0.3, -0.25) is 9.59 Å². The number of nitrogens with one attached hydrogen (secondary N) is 2. The van der Waals surface area contributed by atoms with E-state index in [9.17, 15) is 18.0 Å². The molecule has 0 heterocycles. The van der Waals surface area contributed by atoms with Crippen LogP contribution in [0.4, 0.5) is 5.69 Å². The highest BCUT2D eigenvalue weighted by atomic mass is 32.2. The van der Waals surface area contributed by atoms with Crippen LogP contribution < -0.4 is 15.8 Å². The van der Waals surface area contributed by atoms with Crippen LogP contribution in [0.3, 0.4) is 0 Å². The number of unbranched alkanes of at least 4 members (excludes halogenated alkanes) is 1. The van der Waals surface area contributed by atoms with Gasteiger partial charge in [0.25, 0.3) is 15.9 Å². The predicted octanol–water partition coefficient (Wildman–Crippen LogP) is 1.47. The largest absolute Gasteiger partial charge is 0.469 e. The van der Waals surface area contributed by atoms with Crippen LogP contribution in [0.15, 0.2) is 41.8 Å². The van der Waals surface area contributed by atoms with E-state index in [0.29, 0.717) is 25.1 Å². The molecule has 9 nitrogen and oxygen atoms in total. The first-order valence-corrected chi connectivity index (χ1v) is 12.2. The van der Waals surface area contributed by atoms with Gasteiger partial charge in [-0.1, -0.05) is 18.2 Å². The number of carbonyl (C=O) groups excluding carboxylic acids is 2. The van der Waals surface area contributed by atoms with Crippen LogP contribution in [0, 0.1) is 5.92 Å². The van der Waals surface area contributed by atoms with Crippen molar-refractivity contribution >= 4 is 27.6 Å². The van der Waals surface area contributed by atoms with Gasteiger partial charge in [-0.25, -0.2) is 13.1 Å². The Bertz CT molecular complexity index is 921. The lowest BCUT2D eigenvalue weighted by molar-refractivity contribution is -0.140. The molecule has 1 amide bonds. The number of nitrogens with two attached hydrogens (primary N) is 1. The quantitative estimate of drug-likeness (QED) is 0.213. The van der Waals surface area contributed by atoms with E-state index in [-0.39, 0.29) is 16.8 Å². The molecule has 1 aromatic rings. The fraction of sp³-hybridized carbons (Fsp3) is 0.545. The Morgan fingerprint density at radius 3 is 2.62 bits per heavy atom. The van der Waals surface area contributed by atoms with Gasteiger partial charge >= 0.3 is 5.97 Å². The molecule has 0 radical (unpaired) electrons. The summed E-state index contributed by atoms with van der Waals surface area (Å²) < 4.78 is 32.3. The van der Waals surface area contributed by atoms with Crippen molar-refractivity contribution in [1.29, 1.82) is 0 Å². The molecule has 0 unspecified atom stereocenters. The zero-order valence-corrected chi connectivity index (χ0v) is 19.6. The second-order valence-corrected chi connectivity index (χ2v) is 9.79. The minimum Gasteiger partial charge on any atom is -0.469 e. The highest BCUT2D eigenvalue weighted by molar-refractivity contribution is 7.90. The maximum atomic E-state index is 12.8. The maximum Gasteiger partial charge on any atom is 0.305 e. The third-order valence-corrected chi connectivity index (χ3v) is 6.99. The van der Waals surface area contributed by atoms with Crippen LogP contribution in [-0.4, -0.2) is 64.5 Å². The number of rotatable bonds is 14. The van der Waals surface area contributed by atoms with E-state index in [1.807, 2.05) is 7.05 Å². The Labute approximate surface area is 190 Å². The number of ether oxygens (including phenoxy) is 1. The molecule has 10 heteroatoms. The highest BCUT2D eigenvalue weighted by Gasteiger charge is 2.56. The topological polar surface area (TPSA) is 131 Å². The van der Waals surface area contributed by atoms with Crippen molar-refractivity contribution in [1.82, 2.24) is 9.62 Å².